The SMILES string of the molecule is CCCc1onc(-c2ccc(OC)cc2)c1C(=O)O. The van der Waals surface area contributed by atoms with E-state index in [9.17, 15) is 9.90 Å². The molecule has 0 aliphatic heterocycles. The van der Waals surface area contributed by atoms with Crippen molar-refractivity contribution < 1.29 is 19.2 Å². The minimum absolute atomic E-state index is 0.145. The summed E-state index contributed by atoms with van der Waals surface area (Å²) in [6.07, 6.45) is 1.36. The Hall–Kier alpha value is -2.30. The molecule has 2 aromatic rings. The number of benzene rings is 1. The van der Waals surface area contributed by atoms with E-state index in [4.69, 9.17) is 9.26 Å². The minimum Gasteiger partial charge on any atom is -0.497 e. The third kappa shape index (κ3) is 2.59. The van der Waals surface area contributed by atoms with Gasteiger partial charge in [0.2, 0.25) is 0 Å². The molecule has 5 heteroatoms. The maximum Gasteiger partial charge on any atom is 0.341 e. The lowest BCUT2D eigenvalue weighted by Gasteiger charge is -2.01. The van der Waals surface area contributed by atoms with E-state index >= 15 is 0 Å². The number of rotatable bonds is 5. The molecule has 0 spiro atoms. The second-order valence-corrected chi connectivity index (χ2v) is 4.11. The van der Waals surface area contributed by atoms with Crippen LogP contribution in [0.3, 0.4) is 0 Å². The zero-order valence-corrected chi connectivity index (χ0v) is 10.8. The average molecular weight is 261 g/mol. The van der Waals surface area contributed by atoms with Crippen molar-refractivity contribution in [1.29, 1.82) is 0 Å². The molecule has 0 saturated heterocycles. The van der Waals surface area contributed by atoms with E-state index < -0.39 is 5.97 Å². The molecule has 0 fully saturated rings. The van der Waals surface area contributed by atoms with Crippen LogP contribution in [0.25, 0.3) is 11.3 Å². The van der Waals surface area contributed by atoms with Crippen molar-refractivity contribution in [1.82, 2.24) is 5.16 Å². The summed E-state index contributed by atoms with van der Waals surface area (Å²) in [5, 5.41) is 13.2. The summed E-state index contributed by atoms with van der Waals surface area (Å²) < 4.78 is 10.2. The molecule has 2 rings (SSSR count). The Labute approximate surface area is 110 Å². The number of aryl methyl sites for hydroxylation is 1. The number of carboxylic acids is 1. The van der Waals surface area contributed by atoms with Gasteiger partial charge in [0.15, 0.2) is 5.76 Å². The predicted octanol–water partition coefficient (Wildman–Crippen LogP) is 3.00. The number of carbonyl (C=O) groups is 1. The van der Waals surface area contributed by atoms with Crippen LogP contribution in [0.15, 0.2) is 28.8 Å². The van der Waals surface area contributed by atoms with Gasteiger partial charge in [-0.2, -0.15) is 0 Å². The number of ether oxygens (including phenoxy) is 1. The quantitative estimate of drug-likeness (QED) is 0.895. The number of hydrogen-bond donors (Lipinski definition) is 1. The Bertz CT molecular complexity index is 572. The van der Waals surface area contributed by atoms with Gasteiger partial charge in [-0.15, -0.1) is 0 Å². The maximum atomic E-state index is 11.4. The fourth-order valence-corrected chi connectivity index (χ4v) is 1.89. The number of nitrogens with zero attached hydrogens (tertiary/aromatic N) is 1. The lowest BCUT2D eigenvalue weighted by molar-refractivity contribution is 0.0695. The standard InChI is InChI=1S/C14H15NO4/c1-3-4-11-12(14(16)17)13(15-19-11)9-5-7-10(18-2)8-6-9/h5-8H,3-4H2,1-2H3,(H,16,17). The second kappa shape index (κ2) is 5.56. The van der Waals surface area contributed by atoms with Gasteiger partial charge in [-0.25, -0.2) is 4.79 Å². The Morgan fingerprint density at radius 2 is 2.05 bits per heavy atom. The summed E-state index contributed by atoms with van der Waals surface area (Å²) in [4.78, 5) is 11.4. The summed E-state index contributed by atoms with van der Waals surface area (Å²) in [6, 6.07) is 7.04. The molecule has 1 aromatic heterocycles. The fraction of sp³-hybridized carbons (Fsp3) is 0.286. The Balaban J connectivity index is 2.45. The van der Waals surface area contributed by atoms with E-state index in [1.807, 2.05) is 6.92 Å². The van der Waals surface area contributed by atoms with E-state index in [1.54, 1.807) is 31.4 Å². The fourth-order valence-electron chi connectivity index (χ4n) is 1.89. The van der Waals surface area contributed by atoms with Gasteiger partial charge in [0.05, 0.1) is 7.11 Å². The monoisotopic (exact) mass is 261 g/mol. The van der Waals surface area contributed by atoms with Crippen LogP contribution in [0.1, 0.15) is 29.5 Å². The molecule has 19 heavy (non-hydrogen) atoms. The highest BCUT2D eigenvalue weighted by molar-refractivity contribution is 5.95. The van der Waals surface area contributed by atoms with E-state index in [0.29, 0.717) is 29.2 Å². The van der Waals surface area contributed by atoms with Crippen LogP contribution in [-0.2, 0) is 6.42 Å². The third-order valence-corrected chi connectivity index (χ3v) is 2.82. The number of aromatic carboxylic acids is 1. The van der Waals surface area contributed by atoms with Crippen molar-refractivity contribution in [2.24, 2.45) is 0 Å². The highest BCUT2D eigenvalue weighted by Crippen LogP contribution is 2.27. The van der Waals surface area contributed by atoms with Gasteiger partial charge in [-0.05, 0) is 30.7 Å². The first-order chi connectivity index (χ1) is 9.17. The predicted molar refractivity (Wildman–Crippen MR) is 69.4 cm³/mol. The van der Waals surface area contributed by atoms with Crippen LogP contribution in [0.2, 0.25) is 0 Å². The number of carboxylic acid groups (broad SMARTS) is 1. The van der Waals surface area contributed by atoms with Crippen LogP contribution in [0, 0.1) is 0 Å². The highest BCUT2D eigenvalue weighted by atomic mass is 16.5. The minimum atomic E-state index is -1.02. The normalized spacial score (nSPS) is 10.4. The number of hydrogen-bond acceptors (Lipinski definition) is 4. The summed E-state index contributed by atoms with van der Waals surface area (Å²) in [5.41, 5.74) is 1.20. The molecule has 1 N–H and O–H groups in total. The highest BCUT2D eigenvalue weighted by Gasteiger charge is 2.22. The van der Waals surface area contributed by atoms with E-state index in [1.165, 1.54) is 0 Å². The molecule has 0 radical (unpaired) electrons. The molecular weight excluding hydrogens is 246 g/mol. The largest absolute Gasteiger partial charge is 0.497 e. The summed E-state index contributed by atoms with van der Waals surface area (Å²) >= 11 is 0. The van der Waals surface area contributed by atoms with Gasteiger partial charge in [0, 0.05) is 12.0 Å². The van der Waals surface area contributed by atoms with Crippen molar-refractivity contribution in [3.05, 3.63) is 35.6 Å². The molecule has 0 unspecified atom stereocenters. The van der Waals surface area contributed by atoms with Crippen LogP contribution in [0.5, 0.6) is 5.75 Å². The molecule has 0 aliphatic rings. The first kappa shape index (κ1) is 13.1. The lowest BCUT2D eigenvalue weighted by atomic mass is 10.0. The molecular formula is C14H15NO4. The van der Waals surface area contributed by atoms with Gasteiger partial charge in [-0.3, -0.25) is 0 Å². The van der Waals surface area contributed by atoms with Gasteiger partial charge in [0.1, 0.15) is 17.0 Å². The van der Waals surface area contributed by atoms with Gasteiger partial charge < -0.3 is 14.4 Å². The van der Waals surface area contributed by atoms with Crippen molar-refractivity contribution in [2.75, 3.05) is 7.11 Å². The van der Waals surface area contributed by atoms with Crippen molar-refractivity contribution in [2.45, 2.75) is 19.8 Å². The molecule has 0 saturated carbocycles. The number of aromatic nitrogens is 1. The third-order valence-electron chi connectivity index (χ3n) is 2.82. The summed E-state index contributed by atoms with van der Waals surface area (Å²) in [7, 11) is 1.58. The Morgan fingerprint density at radius 1 is 1.37 bits per heavy atom. The van der Waals surface area contributed by atoms with Crippen molar-refractivity contribution in [3.63, 3.8) is 0 Å². The Kier molecular flexibility index (Phi) is 3.85. The first-order valence-electron chi connectivity index (χ1n) is 6.03. The van der Waals surface area contributed by atoms with E-state index in [0.717, 1.165) is 6.42 Å². The molecule has 0 atom stereocenters. The zero-order valence-electron chi connectivity index (χ0n) is 10.8. The smallest absolute Gasteiger partial charge is 0.341 e. The molecule has 0 aliphatic carbocycles. The average Bonchev–Trinajstić information content (AvgIpc) is 2.83. The van der Waals surface area contributed by atoms with Crippen LogP contribution < -0.4 is 4.74 Å². The van der Waals surface area contributed by atoms with Crippen LogP contribution in [-0.4, -0.2) is 23.3 Å². The summed E-state index contributed by atoms with van der Waals surface area (Å²) in [5.74, 6) is 0.106. The second-order valence-electron chi connectivity index (χ2n) is 4.11. The molecule has 1 heterocycles. The van der Waals surface area contributed by atoms with Crippen molar-refractivity contribution in [3.8, 4) is 17.0 Å². The van der Waals surface area contributed by atoms with E-state index in [-0.39, 0.29) is 5.56 Å². The topological polar surface area (TPSA) is 72.6 Å². The molecule has 0 bridgehead atoms. The molecule has 0 amide bonds. The van der Waals surface area contributed by atoms with Gasteiger partial charge >= 0.3 is 5.97 Å². The van der Waals surface area contributed by atoms with E-state index in [2.05, 4.69) is 5.16 Å². The Morgan fingerprint density at radius 3 is 2.58 bits per heavy atom. The zero-order chi connectivity index (χ0) is 13.8. The van der Waals surface area contributed by atoms with Gasteiger partial charge in [-0.1, -0.05) is 12.1 Å². The summed E-state index contributed by atoms with van der Waals surface area (Å²) in [6.45, 7) is 1.96. The van der Waals surface area contributed by atoms with Crippen LogP contribution in [0.4, 0.5) is 0 Å². The van der Waals surface area contributed by atoms with Crippen LogP contribution >= 0.6 is 0 Å². The van der Waals surface area contributed by atoms with Crippen molar-refractivity contribution >= 4 is 5.97 Å². The molecule has 100 valence electrons. The molecule has 1 aromatic carbocycles. The molecule has 5 nitrogen and oxygen atoms in total. The maximum absolute atomic E-state index is 11.4. The number of methoxy groups -OCH3 is 1. The first-order valence-corrected chi connectivity index (χ1v) is 6.03. The van der Waals surface area contributed by atoms with Gasteiger partial charge in [0.25, 0.3) is 0 Å². The lowest BCUT2D eigenvalue weighted by Crippen LogP contribution is -2.01.